The molecule has 0 amide bonds. The Balaban J connectivity index is 1.39. The maximum Gasteiger partial charge on any atom is 0.148 e. The highest BCUT2D eigenvalue weighted by atomic mass is 19.1. The number of benzene rings is 2. The number of para-hydroxylation sites is 2. The second kappa shape index (κ2) is 6.67. The number of nitrogens with zero attached hydrogens (tertiary/aromatic N) is 2. The molecule has 4 aromatic rings. The molecule has 0 spiro atoms. The second-order valence-corrected chi connectivity index (χ2v) is 7.12. The summed E-state index contributed by atoms with van der Waals surface area (Å²) in [5, 5.41) is 9.38. The van der Waals surface area contributed by atoms with Crippen LogP contribution in [0.25, 0.3) is 16.6 Å². The zero-order valence-electron chi connectivity index (χ0n) is 15.0. The zero-order chi connectivity index (χ0) is 18.2. The summed E-state index contributed by atoms with van der Waals surface area (Å²) in [4.78, 5) is 3.46. The zero-order valence-corrected chi connectivity index (χ0v) is 15.0. The van der Waals surface area contributed by atoms with E-state index in [-0.39, 0.29) is 11.9 Å². The molecule has 5 rings (SSSR count). The van der Waals surface area contributed by atoms with Crippen LogP contribution >= 0.6 is 0 Å². The molecule has 2 aromatic heterocycles. The average Bonchev–Trinajstić information content (AvgIpc) is 3.31. The van der Waals surface area contributed by atoms with Crippen LogP contribution < -0.4 is 5.32 Å². The molecule has 0 saturated heterocycles. The van der Waals surface area contributed by atoms with Crippen LogP contribution in [-0.2, 0) is 13.0 Å². The van der Waals surface area contributed by atoms with Gasteiger partial charge in [0.15, 0.2) is 0 Å². The third-order valence-electron chi connectivity index (χ3n) is 5.39. The standard InChI is InChI=1S/C22H21FN4/c23-18-7-2-4-10-22(18)27-21-11-5-9-20(17(21)14-25-27)24-13-16-12-15-6-1-3-8-19(15)26-16/h1-4,6-8,10,12,14,20,24,26H,5,9,11,13H2/t20-/m1/s1. The van der Waals surface area contributed by atoms with Crippen molar-refractivity contribution < 1.29 is 4.39 Å². The molecule has 4 nitrogen and oxygen atoms in total. The quantitative estimate of drug-likeness (QED) is 0.556. The summed E-state index contributed by atoms with van der Waals surface area (Å²) in [7, 11) is 0. The first-order chi connectivity index (χ1) is 13.3. The van der Waals surface area contributed by atoms with Crippen molar-refractivity contribution in [3.63, 3.8) is 0 Å². The topological polar surface area (TPSA) is 45.6 Å². The lowest BCUT2D eigenvalue weighted by molar-refractivity contribution is 0.452. The van der Waals surface area contributed by atoms with Gasteiger partial charge >= 0.3 is 0 Å². The number of aromatic amines is 1. The van der Waals surface area contributed by atoms with Gasteiger partial charge in [0, 0.05) is 35.1 Å². The molecule has 2 heterocycles. The van der Waals surface area contributed by atoms with Gasteiger partial charge in [-0.2, -0.15) is 5.10 Å². The number of hydrogen-bond donors (Lipinski definition) is 2. The number of H-pyrrole nitrogens is 1. The van der Waals surface area contributed by atoms with Crippen LogP contribution in [0.1, 0.15) is 35.8 Å². The van der Waals surface area contributed by atoms with Crippen LogP contribution in [0.2, 0.25) is 0 Å². The molecule has 27 heavy (non-hydrogen) atoms. The molecular weight excluding hydrogens is 339 g/mol. The van der Waals surface area contributed by atoms with E-state index in [1.807, 2.05) is 18.3 Å². The Kier molecular flexibility index (Phi) is 4.02. The minimum atomic E-state index is -0.239. The van der Waals surface area contributed by atoms with Gasteiger partial charge in [0.1, 0.15) is 11.5 Å². The summed E-state index contributed by atoms with van der Waals surface area (Å²) in [6, 6.07) is 17.6. The highest BCUT2D eigenvalue weighted by molar-refractivity contribution is 5.80. The maximum absolute atomic E-state index is 14.2. The number of halogens is 1. The van der Waals surface area contributed by atoms with Crippen LogP contribution in [0.5, 0.6) is 0 Å². The van der Waals surface area contributed by atoms with Gasteiger partial charge in [-0.3, -0.25) is 0 Å². The van der Waals surface area contributed by atoms with Crippen molar-refractivity contribution in [3.8, 4) is 5.69 Å². The van der Waals surface area contributed by atoms with Crippen LogP contribution in [0.3, 0.4) is 0 Å². The van der Waals surface area contributed by atoms with E-state index in [1.165, 1.54) is 22.7 Å². The summed E-state index contributed by atoms with van der Waals surface area (Å²) in [5.41, 5.74) is 5.15. The van der Waals surface area contributed by atoms with E-state index >= 15 is 0 Å². The Hall–Kier alpha value is -2.92. The van der Waals surface area contributed by atoms with Crippen molar-refractivity contribution in [2.75, 3.05) is 0 Å². The number of fused-ring (bicyclic) bond motifs is 2. The molecule has 0 unspecified atom stereocenters. The van der Waals surface area contributed by atoms with Crippen LogP contribution in [0, 0.1) is 5.82 Å². The molecule has 136 valence electrons. The van der Waals surface area contributed by atoms with E-state index in [1.54, 1.807) is 16.8 Å². The highest BCUT2D eigenvalue weighted by Crippen LogP contribution is 2.31. The lowest BCUT2D eigenvalue weighted by Gasteiger charge is -2.24. The van der Waals surface area contributed by atoms with Crippen LogP contribution in [-0.4, -0.2) is 14.8 Å². The molecule has 2 aromatic carbocycles. The minimum Gasteiger partial charge on any atom is -0.357 e. The first-order valence-electron chi connectivity index (χ1n) is 9.41. The Morgan fingerprint density at radius 1 is 1.15 bits per heavy atom. The fraction of sp³-hybridized carbons (Fsp3) is 0.227. The van der Waals surface area contributed by atoms with Crippen molar-refractivity contribution in [2.24, 2.45) is 0 Å². The largest absolute Gasteiger partial charge is 0.357 e. The molecule has 1 atom stereocenters. The Morgan fingerprint density at radius 3 is 2.89 bits per heavy atom. The SMILES string of the molecule is Fc1ccccc1-n1ncc2c1CCC[C@H]2NCc1cc2ccccc2[nH]1. The molecule has 5 heteroatoms. The van der Waals surface area contributed by atoms with E-state index in [4.69, 9.17) is 0 Å². The minimum absolute atomic E-state index is 0.237. The monoisotopic (exact) mass is 360 g/mol. The number of hydrogen-bond acceptors (Lipinski definition) is 2. The molecule has 0 bridgehead atoms. The second-order valence-electron chi connectivity index (χ2n) is 7.12. The van der Waals surface area contributed by atoms with E-state index in [0.717, 1.165) is 37.0 Å². The molecule has 0 saturated carbocycles. The van der Waals surface area contributed by atoms with Crippen molar-refractivity contribution in [3.05, 3.63) is 83.6 Å². The third kappa shape index (κ3) is 2.94. The van der Waals surface area contributed by atoms with Crippen molar-refractivity contribution in [1.29, 1.82) is 0 Å². The first kappa shape index (κ1) is 16.3. The van der Waals surface area contributed by atoms with Crippen molar-refractivity contribution in [2.45, 2.75) is 31.8 Å². The maximum atomic E-state index is 14.2. The fourth-order valence-corrected chi connectivity index (χ4v) is 4.06. The summed E-state index contributed by atoms with van der Waals surface area (Å²) >= 11 is 0. The summed E-state index contributed by atoms with van der Waals surface area (Å²) < 4.78 is 16.0. The molecule has 1 aliphatic rings. The molecule has 0 fully saturated rings. The lowest BCUT2D eigenvalue weighted by atomic mass is 9.93. The van der Waals surface area contributed by atoms with Crippen molar-refractivity contribution in [1.82, 2.24) is 20.1 Å². The molecular formula is C22H21FN4. The van der Waals surface area contributed by atoms with Gasteiger partial charge in [-0.25, -0.2) is 9.07 Å². The van der Waals surface area contributed by atoms with Gasteiger partial charge in [-0.05, 0) is 48.9 Å². The van der Waals surface area contributed by atoms with Gasteiger partial charge in [-0.15, -0.1) is 0 Å². The number of nitrogens with one attached hydrogen (secondary N) is 2. The first-order valence-corrected chi connectivity index (χ1v) is 9.41. The van der Waals surface area contributed by atoms with Crippen LogP contribution in [0.4, 0.5) is 4.39 Å². The Bertz CT molecular complexity index is 1060. The van der Waals surface area contributed by atoms with E-state index in [0.29, 0.717) is 5.69 Å². The average molecular weight is 360 g/mol. The van der Waals surface area contributed by atoms with Gasteiger partial charge in [-0.1, -0.05) is 30.3 Å². The van der Waals surface area contributed by atoms with Gasteiger partial charge in [0.25, 0.3) is 0 Å². The fourth-order valence-electron chi connectivity index (χ4n) is 4.06. The van der Waals surface area contributed by atoms with Crippen LogP contribution in [0.15, 0.2) is 60.8 Å². The van der Waals surface area contributed by atoms with E-state index in [9.17, 15) is 4.39 Å². The number of aromatic nitrogens is 3. The highest BCUT2D eigenvalue weighted by Gasteiger charge is 2.25. The van der Waals surface area contributed by atoms with Gasteiger partial charge in [0.05, 0.1) is 6.20 Å². The molecule has 0 aliphatic heterocycles. The Morgan fingerprint density at radius 2 is 2.00 bits per heavy atom. The van der Waals surface area contributed by atoms with Crippen molar-refractivity contribution >= 4 is 10.9 Å². The third-order valence-corrected chi connectivity index (χ3v) is 5.39. The Labute approximate surface area is 157 Å². The predicted molar refractivity (Wildman–Crippen MR) is 104 cm³/mol. The van der Waals surface area contributed by atoms with Gasteiger partial charge < -0.3 is 10.3 Å². The van der Waals surface area contributed by atoms with E-state index in [2.05, 4.69) is 39.7 Å². The molecule has 2 N–H and O–H groups in total. The summed E-state index contributed by atoms with van der Waals surface area (Å²) in [6.45, 7) is 0.768. The number of rotatable bonds is 4. The lowest BCUT2D eigenvalue weighted by Crippen LogP contribution is -2.25. The molecule has 1 aliphatic carbocycles. The normalized spacial score (nSPS) is 16.6. The predicted octanol–water partition coefficient (Wildman–Crippen LogP) is 4.66. The summed E-state index contributed by atoms with van der Waals surface area (Å²) in [6.07, 6.45) is 4.95. The van der Waals surface area contributed by atoms with E-state index < -0.39 is 0 Å². The van der Waals surface area contributed by atoms with Gasteiger partial charge in [0.2, 0.25) is 0 Å². The molecule has 0 radical (unpaired) electrons. The summed E-state index contributed by atoms with van der Waals surface area (Å²) in [5.74, 6) is -0.239. The smallest absolute Gasteiger partial charge is 0.148 e.